The van der Waals surface area contributed by atoms with Crippen LogP contribution in [-0.2, 0) is 13.2 Å². The van der Waals surface area contributed by atoms with E-state index in [0.29, 0.717) is 29.0 Å². The van der Waals surface area contributed by atoms with Gasteiger partial charge in [0.15, 0.2) is 11.5 Å². The largest absolute Gasteiger partial charge is 0.484 e. The van der Waals surface area contributed by atoms with Gasteiger partial charge < -0.3 is 14.2 Å². The van der Waals surface area contributed by atoms with Crippen LogP contribution in [-0.4, -0.2) is 38.2 Å². The Bertz CT molecular complexity index is 950. The topological polar surface area (TPSA) is 97.1 Å². The number of nitrogens with one attached hydrogen (secondary N) is 1. The molecule has 1 saturated carbocycles. The number of halogens is 1. The first-order valence-corrected chi connectivity index (χ1v) is 8.95. The third-order valence-corrected chi connectivity index (χ3v) is 4.45. The van der Waals surface area contributed by atoms with Crippen molar-refractivity contribution in [2.24, 2.45) is 0 Å². The molecule has 3 heterocycles. The van der Waals surface area contributed by atoms with Crippen LogP contribution in [0.25, 0.3) is 0 Å². The van der Waals surface area contributed by atoms with E-state index in [1.807, 2.05) is 6.07 Å². The second-order valence-electron chi connectivity index (χ2n) is 6.56. The molecule has 0 aromatic carbocycles. The van der Waals surface area contributed by atoms with E-state index in [1.54, 1.807) is 30.3 Å². The summed E-state index contributed by atoms with van der Waals surface area (Å²) in [6.07, 6.45) is 5.44. The lowest BCUT2D eigenvalue weighted by atomic mass is 10.2. The predicted octanol–water partition coefficient (Wildman–Crippen LogP) is 3.17. The maximum Gasteiger partial charge on any atom is 0.276 e. The Morgan fingerprint density at radius 2 is 2.22 bits per heavy atom. The zero-order chi connectivity index (χ0) is 18.8. The number of ether oxygens (including phenoxy) is 1. The molecule has 0 unspecified atom stereocenters. The van der Waals surface area contributed by atoms with Crippen LogP contribution in [0.3, 0.4) is 0 Å². The second-order valence-corrected chi connectivity index (χ2v) is 7.00. The number of aromatic nitrogens is 4. The smallest absolute Gasteiger partial charge is 0.276 e. The molecule has 0 spiro atoms. The zero-order valence-electron chi connectivity index (χ0n) is 14.7. The average molecular weight is 388 g/mol. The van der Waals surface area contributed by atoms with Gasteiger partial charge in [0, 0.05) is 31.3 Å². The molecule has 1 N–H and O–H groups in total. The maximum absolute atomic E-state index is 12.5. The first-order valence-electron chi connectivity index (χ1n) is 8.57. The quantitative estimate of drug-likeness (QED) is 0.668. The number of H-pyrrole nitrogens is 1. The summed E-state index contributed by atoms with van der Waals surface area (Å²) >= 11 is 5.86. The number of carbonyl (C=O) groups excluding carboxylic acids is 1. The van der Waals surface area contributed by atoms with Crippen molar-refractivity contribution < 1.29 is 14.1 Å². The molecule has 0 atom stereocenters. The van der Waals surface area contributed by atoms with Crippen molar-refractivity contribution in [2.75, 3.05) is 7.05 Å². The minimum atomic E-state index is -0.239. The van der Waals surface area contributed by atoms with Crippen molar-refractivity contribution in [1.29, 1.82) is 0 Å². The number of rotatable bonds is 7. The van der Waals surface area contributed by atoms with Gasteiger partial charge >= 0.3 is 0 Å². The average Bonchev–Trinajstić information content (AvgIpc) is 3.22. The van der Waals surface area contributed by atoms with E-state index in [9.17, 15) is 4.79 Å². The first-order chi connectivity index (χ1) is 13.1. The van der Waals surface area contributed by atoms with Crippen molar-refractivity contribution in [1.82, 2.24) is 25.2 Å². The van der Waals surface area contributed by atoms with E-state index < -0.39 is 0 Å². The zero-order valence-corrected chi connectivity index (χ0v) is 15.4. The molecule has 1 aliphatic rings. The summed E-state index contributed by atoms with van der Waals surface area (Å²) in [5, 5.41) is 11.6. The molecule has 4 rings (SSSR count). The van der Waals surface area contributed by atoms with Gasteiger partial charge in [-0.15, -0.1) is 0 Å². The Morgan fingerprint density at radius 1 is 1.37 bits per heavy atom. The Kier molecular flexibility index (Phi) is 4.81. The van der Waals surface area contributed by atoms with E-state index in [-0.39, 0.29) is 18.2 Å². The van der Waals surface area contributed by atoms with E-state index in [0.717, 1.165) is 11.4 Å². The SMILES string of the molecule is CN(Cc1cc(C2CC2)n[nH]1)C(=O)c1cc(COc2cncc(Cl)c2)on1. The lowest BCUT2D eigenvalue weighted by Crippen LogP contribution is -2.26. The first kappa shape index (κ1) is 17.5. The van der Waals surface area contributed by atoms with E-state index in [2.05, 4.69) is 20.3 Å². The molecule has 1 amide bonds. The van der Waals surface area contributed by atoms with Crippen LogP contribution in [0.1, 0.15) is 46.4 Å². The van der Waals surface area contributed by atoms with Gasteiger partial charge in [0.1, 0.15) is 12.4 Å². The number of nitrogens with zero attached hydrogens (tertiary/aromatic N) is 4. The summed E-state index contributed by atoms with van der Waals surface area (Å²) in [6.45, 7) is 0.544. The van der Waals surface area contributed by atoms with Crippen LogP contribution in [0, 0.1) is 0 Å². The highest BCUT2D eigenvalue weighted by atomic mass is 35.5. The Hall–Kier alpha value is -2.87. The van der Waals surface area contributed by atoms with Crippen LogP contribution < -0.4 is 4.74 Å². The monoisotopic (exact) mass is 387 g/mol. The Balaban J connectivity index is 1.34. The molecule has 3 aromatic rings. The molecule has 3 aromatic heterocycles. The van der Waals surface area contributed by atoms with E-state index in [1.165, 1.54) is 19.0 Å². The maximum atomic E-state index is 12.5. The van der Waals surface area contributed by atoms with Gasteiger partial charge in [-0.1, -0.05) is 16.8 Å². The molecular weight excluding hydrogens is 370 g/mol. The number of hydrogen-bond acceptors (Lipinski definition) is 6. The van der Waals surface area contributed by atoms with Crippen LogP contribution in [0.15, 0.2) is 35.1 Å². The number of carbonyl (C=O) groups is 1. The number of pyridine rings is 1. The summed E-state index contributed by atoms with van der Waals surface area (Å²) < 4.78 is 10.7. The van der Waals surface area contributed by atoms with Crippen LogP contribution in [0.4, 0.5) is 0 Å². The Labute approximate surface area is 160 Å². The summed E-state index contributed by atoms with van der Waals surface area (Å²) in [7, 11) is 1.71. The minimum Gasteiger partial charge on any atom is -0.484 e. The van der Waals surface area contributed by atoms with Crippen molar-refractivity contribution in [3.8, 4) is 5.75 Å². The van der Waals surface area contributed by atoms with Crippen LogP contribution >= 0.6 is 11.6 Å². The summed E-state index contributed by atoms with van der Waals surface area (Å²) in [5.41, 5.74) is 2.19. The molecule has 1 fully saturated rings. The fourth-order valence-corrected chi connectivity index (χ4v) is 2.84. The molecule has 0 saturated heterocycles. The van der Waals surface area contributed by atoms with Gasteiger partial charge in [0.2, 0.25) is 0 Å². The number of hydrogen-bond donors (Lipinski definition) is 1. The minimum absolute atomic E-state index is 0.122. The van der Waals surface area contributed by atoms with Gasteiger partial charge in [-0.3, -0.25) is 14.9 Å². The fourth-order valence-electron chi connectivity index (χ4n) is 2.68. The molecule has 27 heavy (non-hydrogen) atoms. The summed E-state index contributed by atoms with van der Waals surface area (Å²) in [6, 6.07) is 5.23. The van der Waals surface area contributed by atoms with E-state index in [4.69, 9.17) is 20.9 Å². The third-order valence-electron chi connectivity index (χ3n) is 4.24. The molecular formula is C18H18ClN5O3. The molecule has 1 aliphatic carbocycles. The molecule has 9 heteroatoms. The number of amides is 1. The van der Waals surface area contributed by atoms with E-state index >= 15 is 0 Å². The Morgan fingerprint density at radius 3 is 3.00 bits per heavy atom. The normalized spacial score (nSPS) is 13.6. The lowest BCUT2D eigenvalue weighted by Gasteiger charge is -2.13. The highest BCUT2D eigenvalue weighted by Gasteiger charge is 2.26. The number of aromatic amines is 1. The fraction of sp³-hybridized carbons (Fsp3) is 0.333. The van der Waals surface area contributed by atoms with Gasteiger partial charge in [-0.2, -0.15) is 5.10 Å². The predicted molar refractivity (Wildman–Crippen MR) is 96.4 cm³/mol. The standard InChI is InChI=1S/C18H18ClN5O3/c1-24(9-13-5-16(22-21-13)11-2-3-11)18(25)17-6-15(27-23-17)10-26-14-4-12(19)7-20-8-14/h4-8,11H,2-3,9-10H2,1H3,(H,21,22). The molecule has 140 valence electrons. The molecule has 0 bridgehead atoms. The molecule has 0 radical (unpaired) electrons. The molecule has 0 aliphatic heterocycles. The molecule has 8 nitrogen and oxygen atoms in total. The van der Waals surface area contributed by atoms with Gasteiger partial charge in [0.05, 0.1) is 29.2 Å². The lowest BCUT2D eigenvalue weighted by molar-refractivity contribution is 0.0772. The van der Waals surface area contributed by atoms with Gasteiger partial charge in [-0.05, 0) is 18.9 Å². The van der Waals surface area contributed by atoms with Crippen molar-refractivity contribution in [2.45, 2.75) is 31.9 Å². The van der Waals surface area contributed by atoms with Crippen molar-refractivity contribution >= 4 is 17.5 Å². The second kappa shape index (κ2) is 7.40. The van der Waals surface area contributed by atoms with Gasteiger partial charge in [-0.25, -0.2) is 0 Å². The summed E-state index contributed by atoms with van der Waals surface area (Å²) in [4.78, 5) is 18.0. The highest BCUT2D eigenvalue weighted by Crippen LogP contribution is 2.39. The third kappa shape index (κ3) is 4.28. The van der Waals surface area contributed by atoms with Crippen LogP contribution in [0.5, 0.6) is 5.75 Å². The van der Waals surface area contributed by atoms with Crippen molar-refractivity contribution in [3.63, 3.8) is 0 Å². The summed E-state index contributed by atoms with van der Waals surface area (Å²) in [5.74, 6) is 1.28. The van der Waals surface area contributed by atoms with Crippen LogP contribution in [0.2, 0.25) is 5.02 Å². The highest BCUT2D eigenvalue weighted by molar-refractivity contribution is 6.30. The van der Waals surface area contributed by atoms with Gasteiger partial charge in [0.25, 0.3) is 5.91 Å². The van der Waals surface area contributed by atoms with Crippen molar-refractivity contribution in [3.05, 3.63) is 58.5 Å².